The molecule has 0 amide bonds. The van der Waals surface area contributed by atoms with Gasteiger partial charge in [-0.15, -0.1) is 0 Å². The predicted molar refractivity (Wildman–Crippen MR) is 229 cm³/mol. The summed E-state index contributed by atoms with van der Waals surface area (Å²) < 4.78 is 16.6. The highest BCUT2D eigenvalue weighted by Gasteiger charge is 2.19. The van der Waals surface area contributed by atoms with Gasteiger partial charge in [-0.3, -0.25) is 14.4 Å². The summed E-state index contributed by atoms with van der Waals surface area (Å²) in [5.74, 6) is -0.943. The molecule has 0 aliphatic carbocycles. The molecule has 0 heterocycles. The zero-order valence-corrected chi connectivity index (χ0v) is 35.5. The lowest BCUT2D eigenvalue weighted by atomic mass is 10.0. The molecule has 0 N–H and O–H groups in total. The van der Waals surface area contributed by atoms with Crippen LogP contribution in [-0.4, -0.2) is 37.2 Å². The molecule has 0 rings (SSSR count). The Balaban J connectivity index is 4.27. The van der Waals surface area contributed by atoms with Crippen molar-refractivity contribution in [2.75, 3.05) is 13.2 Å². The van der Waals surface area contributed by atoms with Crippen LogP contribution in [0.25, 0.3) is 0 Å². The van der Waals surface area contributed by atoms with Crippen LogP contribution >= 0.6 is 0 Å². The van der Waals surface area contributed by atoms with Gasteiger partial charge in [0.05, 0.1) is 0 Å². The largest absolute Gasteiger partial charge is 0.462 e. The van der Waals surface area contributed by atoms with Crippen molar-refractivity contribution in [1.29, 1.82) is 0 Å². The lowest BCUT2D eigenvalue weighted by Crippen LogP contribution is -2.30. The van der Waals surface area contributed by atoms with Crippen molar-refractivity contribution in [1.82, 2.24) is 0 Å². The maximum Gasteiger partial charge on any atom is 0.306 e. The average Bonchev–Trinajstić information content (AvgIpc) is 3.17. The number of rotatable bonds is 40. The van der Waals surface area contributed by atoms with E-state index in [0.29, 0.717) is 19.3 Å². The quantitative estimate of drug-likeness (QED) is 0.0268. The van der Waals surface area contributed by atoms with Crippen LogP contribution in [0.5, 0.6) is 0 Å². The first-order chi connectivity index (χ1) is 26.5. The highest BCUT2D eigenvalue weighted by Crippen LogP contribution is 2.15. The molecule has 54 heavy (non-hydrogen) atoms. The van der Waals surface area contributed by atoms with Gasteiger partial charge in [0.2, 0.25) is 0 Å². The summed E-state index contributed by atoms with van der Waals surface area (Å²) >= 11 is 0. The van der Waals surface area contributed by atoms with Gasteiger partial charge in [-0.05, 0) is 57.8 Å². The number of hydrogen-bond donors (Lipinski definition) is 0. The van der Waals surface area contributed by atoms with Gasteiger partial charge in [-0.25, -0.2) is 0 Å². The van der Waals surface area contributed by atoms with E-state index in [9.17, 15) is 14.4 Å². The Morgan fingerprint density at radius 3 is 1.13 bits per heavy atom. The van der Waals surface area contributed by atoms with E-state index in [1.807, 2.05) is 0 Å². The lowest BCUT2D eigenvalue weighted by molar-refractivity contribution is -0.167. The topological polar surface area (TPSA) is 78.9 Å². The Bertz CT molecular complexity index is 964. The number of unbranched alkanes of at least 4 members (excludes halogenated alkanes) is 21. The van der Waals surface area contributed by atoms with Crippen molar-refractivity contribution in [2.45, 2.75) is 226 Å². The molecule has 1 unspecified atom stereocenters. The first kappa shape index (κ1) is 51.4. The molecule has 0 saturated carbocycles. The van der Waals surface area contributed by atoms with E-state index in [2.05, 4.69) is 69.4 Å². The number of hydrogen-bond acceptors (Lipinski definition) is 6. The van der Waals surface area contributed by atoms with Crippen molar-refractivity contribution in [2.24, 2.45) is 0 Å². The second-order valence-electron chi connectivity index (χ2n) is 14.9. The minimum atomic E-state index is -0.786. The van der Waals surface area contributed by atoms with Crippen molar-refractivity contribution in [3.8, 4) is 0 Å². The molecule has 0 aliphatic heterocycles. The third-order valence-corrected chi connectivity index (χ3v) is 9.60. The Kier molecular flexibility index (Phi) is 41.0. The van der Waals surface area contributed by atoms with E-state index in [4.69, 9.17) is 14.2 Å². The first-order valence-electron chi connectivity index (χ1n) is 22.6. The van der Waals surface area contributed by atoms with E-state index >= 15 is 0 Å². The second-order valence-corrected chi connectivity index (χ2v) is 14.9. The fourth-order valence-corrected chi connectivity index (χ4v) is 6.20. The number of carbonyl (C=O) groups excluding carboxylic acids is 3. The Hall–Kier alpha value is -2.63. The van der Waals surface area contributed by atoms with Gasteiger partial charge in [0.25, 0.3) is 0 Å². The highest BCUT2D eigenvalue weighted by atomic mass is 16.6. The number of allylic oxidation sites excluding steroid dienone is 8. The maximum absolute atomic E-state index is 12.6. The monoisotopic (exact) mass is 757 g/mol. The van der Waals surface area contributed by atoms with Gasteiger partial charge in [0.1, 0.15) is 13.2 Å². The van der Waals surface area contributed by atoms with Crippen molar-refractivity contribution in [3.63, 3.8) is 0 Å². The molecule has 1 atom stereocenters. The van der Waals surface area contributed by atoms with Crippen molar-refractivity contribution in [3.05, 3.63) is 48.6 Å². The van der Waals surface area contributed by atoms with Crippen LogP contribution < -0.4 is 0 Å². The zero-order chi connectivity index (χ0) is 39.4. The average molecular weight is 757 g/mol. The fourth-order valence-electron chi connectivity index (χ4n) is 6.20. The molecule has 6 nitrogen and oxygen atoms in total. The van der Waals surface area contributed by atoms with Gasteiger partial charge in [-0.2, -0.15) is 0 Å². The lowest BCUT2D eigenvalue weighted by Gasteiger charge is -2.18. The molecular weight excluding hydrogens is 673 g/mol. The minimum absolute atomic E-state index is 0.0881. The Morgan fingerprint density at radius 1 is 0.389 bits per heavy atom. The van der Waals surface area contributed by atoms with Gasteiger partial charge < -0.3 is 14.2 Å². The summed E-state index contributed by atoms with van der Waals surface area (Å²) in [4.78, 5) is 37.5. The molecule has 6 heteroatoms. The first-order valence-corrected chi connectivity index (χ1v) is 22.6. The molecule has 0 radical (unpaired) electrons. The minimum Gasteiger partial charge on any atom is -0.462 e. The second kappa shape index (κ2) is 43.1. The van der Waals surface area contributed by atoms with Crippen LogP contribution in [0.2, 0.25) is 0 Å². The number of carbonyl (C=O) groups is 3. The van der Waals surface area contributed by atoms with E-state index in [-0.39, 0.29) is 37.5 Å². The SMILES string of the molecule is CC/C=C\C/C=C\C/C=C\C/C=C\CCCCC(=O)OC(COC(=O)CCCCCCC)COC(=O)CCCCCCCCCCCCCCCCCC. The van der Waals surface area contributed by atoms with Crippen LogP contribution in [0.4, 0.5) is 0 Å². The molecular formula is C48H84O6. The zero-order valence-electron chi connectivity index (χ0n) is 35.5. The third kappa shape index (κ3) is 40.6. The molecule has 0 saturated heterocycles. The summed E-state index contributed by atoms with van der Waals surface area (Å²) in [6.07, 6.45) is 49.9. The number of ether oxygens (including phenoxy) is 3. The van der Waals surface area contributed by atoms with Gasteiger partial charge in [-0.1, -0.05) is 191 Å². The van der Waals surface area contributed by atoms with E-state index in [0.717, 1.165) is 83.5 Å². The Morgan fingerprint density at radius 2 is 0.722 bits per heavy atom. The standard InChI is InChI=1S/C48H84O6/c1-4-7-10-13-15-17-19-21-23-25-26-28-30-32-35-38-41-47(50)53-44-45(43-52-46(49)40-37-34-12-9-6-3)54-48(51)42-39-36-33-31-29-27-24-22-20-18-16-14-11-8-5-2/h8,11,16,18,22,24,29,31,45H,4-7,9-10,12-15,17,19-21,23,25-28,30,32-44H2,1-3H3/b11-8-,18-16-,24-22-,31-29-. The molecule has 0 fully saturated rings. The van der Waals surface area contributed by atoms with Crippen LogP contribution in [0.1, 0.15) is 220 Å². The molecule has 0 aromatic carbocycles. The van der Waals surface area contributed by atoms with Gasteiger partial charge in [0, 0.05) is 19.3 Å². The summed E-state index contributed by atoms with van der Waals surface area (Å²) in [5, 5.41) is 0. The molecule has 0 aromatic rings. The predicted octanol–water partition coefficient (Wildman–Crippen LogP) is 14.4. The molecule has 312 valence electrons. The fraction of sp³-hybridized carbons (Fsp3) is 0.771. The highest BCUT2D eigenvalue weighted by molar-refractivity contribution is 5.71. The molecule has 0 spiro atoms. The summed E-state index contributed by atoms with van der Waals surface area (Å²) in [5.41, 5.74) is 0. The van der Waals surface area contributed by atoms with Crippen molar-refractivity contribution >= 4 is 17.9 Å². The maximum atomic E-state index is 12.6. The smallest absolute Gasteiger partial charge is 0.306 e. The summed E-state index contributed by atoms with van der Waals surface area (Å²) in [7, 11) is 0. The summed E-state index contributed by atoms with van der Waals surface area (Å²) in [6, 6.07) is 0. The van der Waals surface area contributed by atoms with Crippen LogP contribution in [-0.2, 0) is 28.6 Å². The molecule has 0 aromatic heterocycles. The number of esters is 3. The van der Waals surface area contributed by atoms with Crippen molar-refractivity contribution < 1.29 is 28.6 Å². The van der Waals surface area contributed by atoms with E-state index in [1.165, 1.54) is 89.9 Å². The van der Waals surface area contributed by atoms with Crippen LogP contribution in [0.15, 0.2) is 48.6 Å². The Labute approximate surface area is 333 Å². The summed E-state index contributed by atoms with van der Waals surface area (Å²) in [6.45, 7) is 6.40. The van der Waals surface area contributed by atoms with Crippen LogP contribution in [0.3, 0.4) is 0 Å². The van der Waals surface area contributed by atoms with Gasteiger partial charge >= 0.3 is 17.9 Å². The van der Waals surface area contributed by atoms with E-state index < -0.39 is 6.10 Å². The molecule has 0 aliphatic rings. The van der Waals surface area contributed by atoms with Crippen LogP contribution in [0, 0.1) is 0 Å². The van der Waals surface area contributed by atoms with Gasteiger partial charge in [0.15, 0.2) is 6.10 Å². The third-order valence-electron chi connectivity index (χ3n) is 9.60. The normalized spacial score (nSPS) is 12.4. The molecule has 0 bridgehead atoms. The van der Waals surface area contributed by atoms with E-state index in [1.54, 1.807) is 0 Å².